The van der Waals surface area contributed by atoms with E-state index in [1.54, 1.807) is 12.2 Å². The molecule has 3 atom stereocenters. The number of aliphatic hydroxyl groups is 2. The molecular weight excluding hydrogens is 735 g/mol. The third-order valence-electron chi connectivity index (χ3n) is 9.24. The van der Waals surface area contributed by atoms with Crippen molar-refractivity contribution in [3.63, 3.8) is 0 Å². The van der Waals surface area contributed by atoms with E-state index >= 15 is 0 Å². The van der Waals surface area contributed by atoms with Crippen LogP contribution < -0.4 is 0 Å². The number of carbonyl (C=O) groups is 3. The summed E-state index contributed by atoms with van der Waals surface area (Å²) in [5.41, 5.74) is 0. The summed E-state index contributed by atoms with van der Waals surface area (Å²) in [4.78, 5) is 47.0. The summed E-state index contributed by atoms with van der Waals surface area (Å²) in [5.74, 6) is -0.922. The van der Waals surface area contributed by atoms with Crippen LogP contribution in [0.3, 0.4) is 0 Å². The number of hydrogen-bond acceptors (Lipinski definition) is 10. The molecule has 0 bridgehead atoms. The summed E-state index contributed by atoms with van der Waals surface area (Å²) >= 11 is 0. The number of unbranched alkanes of at least 4 members (excludes halogenated alkanes) is 20. The number of phosphoric ester groups is 1. The van der Waals surface area contributed by atoms with Crippen molar-refractivity contribution < 1.29 is 52.6 Å². The Bertz CT molecular complexity index is 1090. The standard InChI is InChI=1S/C44H79O11P/c1-3-5-7-9-11-12-13-14-15-16-17-18-19-20-22-26-30-34-43(48)52-38-42(39-54-56(50,51)53-37-41(47)36-45)55-44(49)35-31-27-23-25-29-33-40(46)32-28-24-21-10-8-6-4-2/h14-15,21,24,28,32,41-42,45,47H,3-13,16-20,22-23,25-27,29-31,33-39H2,1-2H3,(H,50,51)/b15-14-,24-21-,32-28+/t41-,42+/m0/s1. The molecule has 1 unspecified atom stereocenters. The first-order valence-corrected chi connectivity index (χ1v) is 23.4. The van der Waals surface area contributed by atoms with Crippen LogP contribution >= 0.6 is 7.82 Å². The first kappa shape index (κ1) is 53.9. The summed E-state index contributed by atoms with van der Waals surface area (Å²) < 4.78 is 32.6. The van der Waals surface area contributed by atoms with Crippen LogP contribution in [0, 0.1) is 0 Å². The van der Waals surface area contributed by atoms with Crippen molar-refractivity contribution in [3.8, 4) is 0 Å². The van der Waals surface area contributed by atoms with E-state index in [0.717, 1.165) is 64.2 Å². The van der Waals surface area contributed by atoms with E-state index in [1.807, 2.05) is 6.08 Å². The lowest BCUT2D eigenvalue weighted by molar-refractivity contribution is -0.161. The highest BCUT2D eigenvalue weighted by Gasteiger charge is 2.27. The number of carbonyl (C=O) groups excluding carboxylic acids is 3. The van der Waals surface area contributed by atoms with E-state index in [9.17, 15) is 28.9 Å². The number of esters is 2. The molecule has 11 nitrogen and oxygen atoms in total. The van der Waals surface area contributed by atoms with E-state index < -0.39 is 51.8 Å². The number of ketones is 1. The van der Waals surface area contributed by atoms with E-state index in [-0.39, 0.29) is 25.2 Å². The van der Waals surface area contributed by atoms with Gasteiger partial charge in [0.05, 0.1) is 19.8 Å². The number of ether oxygens (including phenoxy) is 2. The number of hydrogen-bond donors (Lipinski definition) is 3. The summed E-state index contributed by atoms with van der Waals surface area (Å²) in [5, 5.41) is 18.3. The van der Waals surface area contributed by atoms with Crippen molar-refractivity contribution in [2.75, 3.05) is 26.4 Å². The van der Waals surface area contributed by atoms with Crippen LogP contribution in [0.2, 0.25) is 0 Å². The second-order valence-corrected chi connectivity index (χ2v) is 16.2. The molecule has 0 aromatic carbocycles. The lowest BCUT2D eigenvalue weighted by atomic mass is 10.1. The van der Waals surface area contributed by atoms with Crippen LogP contribution in [-0.4, -0.2) is 71.5 Å². The lowest BCUT2D eigenvalue weighted by Gasteiger charge is -2.20. The summed E-state index contributed by atoms with van der Waals surface area (Å²) in [7, 11) is -4.65. The zero-order valence-electron chi connectivity index (χ0n) is 35.1. The van der Waals surface area contributed by atoms with Crippen LogP contribution in [0.25, 0.3) is 0 Å². The van der Waals surface area contributed by atoms with Crippen molar-refractivity contribution in [3.05, 3.63) is 36.5 Å². The second-order valence-electron chi connectivity index (χ2n) is 14.7. The fourth-order valence-corrected chi connectivity index (χ4v) is 6.58. The van der Waals surface area contributed by atoms with Gasteiger partial charge in [0.1, 0.15) is 12.7 Å². The van der Waals surface area contributed by atoms with Crippen molar-refractivity contribution in [2.45, 2.75) is 199 Å². The van der Waals surface area contributed by atoms with Gasteiger partial charge in [0.15, 0.2) is 11.9 Å². The van der Waals surface area contributed by atoms with Gasteiger partial charge in [-0.2, -0.15) is 0 Å². The molecule has 0 aliphatic heterocycles. The molecule has 0 aliphatic carbocycles. The molecule has 3 N–H and O–H groups in total. The highest BCUT2D eigenvalue weighted by molar-refractivity contribution is 7.47. The van der Waals surface area contributed by atoms with Crippen molar-refractivity contribution in [2.24, 2.45) is 0 Å². The van der Waals surface area contributed by atoms with Gasteiger partial charge in [0.25, 0.3) is 0 Å². The minimum atomic E-state index is -4.65. The average molecular weight is 815 g/mol. The predicted octanol–water partition coefficient (Wildman–Crippen LogP) is 10.7. The fraction of sp³-hybridized carbons (Fsp3) is 0.795. The first-order chi connectivity index (χ1) is 27.1. The minimum Gasteiger partial charge on any atom is -0.462 e. The molecule has 12 heteroatoms. The van der Waals surface area contributed by atoms with Gasteiger partial charge in [-0.1, -0.05) is 141 Å². The monoisotopic (exact) mass is 815 g/mol. The molecule has 0 aromatic rings. The maximum absolute atomic E-state index is 12.6. The normalized spacial score (nSPS) is 14.1. The third-order valence-corrected chi connectivity index (χ3v) is 10.2. The Balaban J connectivity index is 4.37. The molecule has 326 valence electrons. The highest BCUT2D eigenvalue weighted by atomic mass is 31.2. The molecule has 0 heterocycles. The zero-order chi connectivity index (χ0) is 41.4. The molecule has 0 saturated heterocycles. The Kier molecular flexibility index (Phi) is 38.2. The Morgan fingerprint density at radius 3 is 1.62 bits per heavy atom. The number of allylic oxidation sites excluding steroid dienone is 6. The second kappa shape index (κ2) is 39.7. The van der Waals surface area contributed by atoms with Crippen LogP contribution in [-0.2, 0) is 37.5 Å². The average Bonchev–Trinajstić information content (AvgIpc) is 3.18. The largest absolute Gasteiger partial charge is 0.472 e. The number of phosphoric acid groups is 1. The Morgan fingerprint density at radius 2 is 1.04 bits per heavy atom. The van der Waals surface area contributed by atoms with Crippen molar-refractivity contribution >= 4 is 25.5 Å². The van der Waals surface area contributed by atoms with Crippen molar-refractivity contribution in [1.29, 1.82) is 0 Å². The van der Waals surface area contributed by atoms with E-state index in [2.05, 4.69) is 36.6 Å². The smallest absolute Gasteiger partial charge is 0.462 e. The van der Waals surface area contributed by atoms with Gasteiger partial charge >= 0.3 is 19.8 Å². The van der Waals surface area contributed by atoms with Gasteiger partial charge in [-0.25, -0.2) is 4.57 Å². The zero-order valence-corrected chi connectivity index (χ0v) is 36.0. The molecule has 0 saturated carbocycles. The van der Waals surface area contributed by atoms with Gasteiger partial charge in [-0.3, -0.25) is 23.4 Å². The van der Waals surface area contributed by atoms with Gasteiger partial charge < -0.3 is 24.6 Å². The molecule has 0 fully saturated rings. The van der Waals surface area contributed by atoms with Gasteiger partial charge in [0, 0.05) is 19.3 Å². The van der Waals surface area contributed by atoms with Crippen LogP contribution in [0.4, 0.5) is 0 Å². The predicted molar refractivity (Wildman–Crippen MR) is 224 cm³/mol. The fourth-order valence-electron chi connectivity index (χ4n) is 5.79. The summed E-state index contributed by atoms with van der Waals surface area (Å²) in [6.07, 6.45) is 36.4. The molecule has 0 spiro atoms. The van der Waals surface area contributed by atoms with Crippen LogP contribution in [0.1, 0.15) is 187 Å². The molecular formula is C44H79O11P. The van der Waals surface area contributed by atoms with E-state index in [1.165, 1.54) is 77.0 Å². The maximum Gasteiger partial charge on any atom is 0.472 e. The van der Waals surface area contributed by atoms with Gasteiger partial charge in [0.2, 0.25) is 0 Å². The highest BCUT2D eigenvalue weighted by Crippen LogP contribution is 2.43. The van der Waals surface area contributed by atoms with Crippen molar-refractivity contribution in [1.82, 2.24) is 0 Å². The summed E-state index contributed by atoms with van der Waals surface area (Å²) in [6, 6.07) is 0. The topological polar surface area (TPSA) is 166 Å². The number of aliphatic hydroxyl groups excluding tert-OH is 2. The number of rotatable bonds is 41. The molecule has 0 aromatic heterocycles. The SMILES string of the molecule is CCCCC/C=C\C=C\C(=O)CCCCCCCC(=O)O[C@H](COC(=O)CCCCCCCCC/C=C\CCCCCCCC)COP(=O)(O)OC[C@@H](O)CO. The van der Waals surface area contributed by atoms with Crippen LogP contribution in [0.15, 0.2) is 36.5 Å². The Morgan fingerprint density at radius 1 is 0.571 bits per heavy atom. The quantitative estimate of drug-likeness (QED) is 0.0134. The lowest BCUT2D eigenvalue weighted by Crippen LogP contribution is -2.29. The summed E-state index contributed by atoms with van der Waals surface area (Å²) in [6.45, 7) is 2.18. The molecule has 0 amide bonds. The first-order valence-electron chi connectivity index (χ1n) is 21.9. The molecule has 0 aliphatic rings. The van der Waals surface area contributed by atoms with Gasteiger partial charge in [-0.15, -0.1) is 0 Å². The Hall–Kier alpha value is -2.14. The van der Waals surface area contributed by atoms with Gasteiger partial charge in [-0.05, 0) is 63.9 Å². The van der Waals surface area contributed by atoms with E-state index in [4.69, 9.17) is 19.1 Å². The van der Waals surface area contributed by atoms with Crippen LogP contribution in [0.5, 0.6) is 0 Å². The molecule has 56 heavy (non-hydrogen) atoms. The maximum atomic E-state index is 12.6. The molecule has 0 radical (unpaired) electrons. The third kappa shape index (κ3) is 38.7. The minimum absolute atomic E-state index is 0.0987. The van der Waals surface area contributed by atoms with E-state index in [0.29, 0.717) is 19.3 Å². The Labute approximate surface area is 339 Å². The molecule has 0 rings (SSSR count).